The molecule has 7 nitrogen and oxygen atoms in total. The van der Waals surface area contributed by atoms with E-state index in [9.17, 15) is 9.59 Å². The first-order valence-corrected chi connectivity index (χ1v) is 10.00. The molecule has 2 amide bonds. The van der Waals surface area contributed by atoms with Crippen LogP contribution in [0.4, 0.5) is 0 Å². The lowest BCUT2D eigenvalue weighted by Crippen LogP contribution is -2.50. The Hall–Kier alpha value is -2.22. The molecule has 2 atom stereocenters. The minimum absolute atomic E-state index is 0.166. The summed E-state index contributed by atoms with van der Waals surface area (Å²) in [4.78, 5) is 27.6. The highest BCUT2D eigenvalue weighted by molar-refractivity contribution is 5.91. The predicted molar refractivity (Wildman–Crippen MR) is 108 cm³/mol. The molecule has 0 bridgehead atoms. The summed E-state index contributed by atoms with van der Waals surface area (Å²) in [5.74, 6) is 0.111. The summed E-state index contributed by atoms with van der Waals surface area (Å²) < 4.78 is 0. The molecule has 3 N–H and O–H groups in total. The van der Waals surface area contributed by atoms with Gasteiger partial charge in [-0.2, -0.15) is 0 Å². The zero-order valence-corrected chi connectivity index (χ0v) is 16.4. The van der Waals surface area contributed by atoms with Crippen LogP contribution in [0, 0.1) is 5.92 Å². The Labute approximate surface area is 166 Å². The van der Waals surface area contributed by atoms with Gasteiger partial charge in [0.1, 0.15) is 0 Å². The van der Waals surface area contributed by atoms with E-state index in [1.54, 1.807) is 18.5 Å². The topological polar surface area (TPSA) is 84.9 Å². The monoisotopic (exact) mass is 386 g/mol. The third-order valence-electron chi connectivity index (χ3n) is 5.69. The Kier molecular flexibility index (Phi) is 7.19. The summed E-state index contributed by atoms with van der Waals surface area (Å²) >= 11 is 0. The number of benzene rings is 1. The first kappa shape index (κ1) is 20.5. The van der Waals surface area contributed by atoms with E-state index in [1.165, 1.54) is 6.08 Å². The summed E-state index contributed by atoms with van der Waals surface area (Å²) in [5, 5.41) is 12.2. The van der Waals surface area contributed by atoms with Crippen LogP contribution >= 0.6 is 0 Å². The van der Waals surface area contributed by atoms with Gasteiger partial charge in [-0.05, 0) is 36.0 Å². The lowest BCUT2D eigenvalue weighted by molar-refractivity contribution is -0.130. The number of amides is 2. The molecule has 0 spiro atoms. The predicted octanol–water partition coefficient (Wildman–Crippen LogP) is 1.41. The maximum Gasteiger partial charge on any atom is 0.267 e. The number of likely N-dealkylation sites (tertiary alicyclic amines) is 1. The summed E-state index contributed by atoms with van der Waals surface area (Å²) in [7, 11) is 0. The fourth-order valence-corrected chi connectivity index (χ4v) is 4.27. The number of nitrogens with one attached hydrogen (secondary N) is 2. The molecule has 0 aromatic heterocycles. The number of carbonyl (C=O) groups is 2. The average molecular weight is 386 g/mol. The van der Waals surface area contributed by atoms with Gasteiger partial charge < -0.3 is 10.2 Å². The van der Waals surface area contributed by atoms with Crippen LogP contribution in [0.15, 0.2) is 30.3 Å². The molecule has 28 heavy (non-hydrogen) atoms. The van der Waals surface area contributed by atoms with Gasteiger partial charge in [0.25, 0.3) is 5.91 Å². The molecule has 152 valence electrons. The molecule has 2 unspecified atom stereocenters. The molecule has 2 aliphatic rings. The smallest absolute Gasteiger partial charge is 0.267 e. The van der Waals surface area contributed by atoms with Gasteiger partial charge in [-0.1, -0.05) is 24.3 Å². The molecule has 1 aromatic carbocycles. The lowest BCUT2D eigenvalue weighted by Gasteiger charge is -2.41. The number of piperazine rings is 1. The number of hydrogen-bond acceptors (Lipinski definition) is 5. The molecule has 1 aromatic rings. The second-order valence-electron chi connectivity index (χ2n) is 7.63. The van der Waals surface area contributed by atoms with Crippen LogP contribution in [0.25, 0.3) is 6.08 Å². The quantitative estimate of drug-likeness (QED) is 0.405. The maximum atomic E-state index is 11.8. The summed E-state index contributed by atoms with van der Waals surface area (Å²) in [6.45, 7) is 7.08. The van der Waals surface area contributed by atoms with Crippen LogP contribution in [0.1, 0.15) is 36.9 Å². The Morgan fingerprint density at radius 2 is 2.14 bits per heavy atom. The lowest BCUT2D eigenvalue weighted by atomic mass is 9.93. The van der Waals surface area contributed by atoms with E-state index in [0.29, 0.717) is 5.92 Å². The van der Waals surface area contributed by atoms with Crippen LogP contribution in [0.3, 0.4) is 0 Å². The van der Waals surface area contributed by atoms with Crippen LogP contribution in [-0.2, 0) is 9.59 Å². The number of hydrogen-bond donors (Lipinski definition) is 3. The highest BCUT2D eigenvalue weighted by Crippen LogP contribution is 2.29. The number of nitrogens with zero attached hydrogens (tertiary/aromatic N) is 2. The molecule has 2 heterocycles. The van der Waals surface area contributed by atoms with E-state index in [4.69, 9.17) is 5.21 Å². The van der Waals surface area contributed by atoms with Crippen molar-refractivity contribution in [3.05, 3.63) is 41.5 Å². The van der Waals surface area contributed by atoms with Crippen molar-refractivity contribution in [3.8, 4) is 0 Å². The van der Waals surface area contributed by atoms with Gasteiger partial charge in [0, 0.05) is 58.3 Å². The third-order valence-corrected chi connectivity index (χ3v) is 5.69. The van der Waals surface area contributed by atoms with Crippen molar-refractivity contribution in [1.29, 1.82) is 0 Å². The number of hydroxylamine groups is 1. The van der Waals surface area contributed by atoms with Gasteiger partial charge in [0.15, 0.2) is 0 Å². The normalized spacial score (nSPS) is 23.7. The minimum Gasteiger partial charge on any atom is -0.343 e. The number of carbonyl (C=O) groups excluding carboxylic acids is 2. The van der Waals surface area contributed by atoms with Gasteiger partial charge in [-0.15, -0.1) is 0 Å². The van der Waals surface area contributed by atoms with E-state index in [-0.39, 0.29) is 11.9 Å². The first-order chi connectivity index (χ1) is 13.6. The second kappa shape index (κ2) is 9.82. The molecular formula is C21H30N4O3. The van der Waals surface area contributed by atoms with Gasteiger partial charge >= 0.3 is 0 Å². The number of rotatable bonds is 5. The minimum atomic E-state index is -0.542. The van der Waals surface area contributed by atoms with E-state index in [2.05, 4.69) is 16.3 Å². The maximum absolute atomic E-state index is 11.8. The Bertz CT molecular complexity index is 721. The summed E-state index contributed by atoms with van der Waals surface area (Å²) in [6, 6.07) is 8.26. The zero-order chi connectivity index (χ0) is 19.9. The zero-order valence-electron chi connectivity index (χ0n) is 16.4. The van der Waals surface area contributed by atoms with Crippen LogP contribution in [0.2, 0.25) is 0 Å². The average Bonchev–Trinajstić information content (AvgIpc) is 2.73. The molecule has 7 heteroatoms. The van der Waals surface area contributed by atoms with Crippen molar-refractivity contribution >= 4 is 17.9 Å². The first-order valence-electron chi connectivity index (χ1n) is 10.00. The van der Waals surface area contributed by atoms with Crippen molar-refractivity contribution in [2.45, 2.75) is 25.8 Å². The van der Waals surface area contributed by atoms with E-state index < -0.39 is 5.91 Å². The molecule has 0 radical (unpaired) electrons. The van der Waals surface area contributed by atoms with Crippen LogP contribution in [-0.4, -0.2) is 66.1 Å². The summed E-state index contributed by atoms with van der Waals surface area (Å²) in [5.41, 5.74) is 3.76. The second-order valence-corrected chi connectivity index (χ2v) is 7.63. The van der Waals surface area contributed by atoms with E-state index >= 15 is 0 Å². The third kappa shape index (κ3) is 5.19. The molecule has 3 rings (SSSR count). The Morgan fingerprint density at radius 3 is 2.93 bits per heavy atom. The molecule has 0 saturated carbocycles. The Morgan fingerprint density at radius 1 is 1.32 bits per heavy atom. The molecule has 2 fully saturated rings. The van der Waals surface area contributed by atoms with Gasteiger partial charge in [-0.25, -0.2) is 5.48 Å². The van der Waals surface area contributed by atoms with Crippen molar-refractivity contribution in [3.63, 3.8) is 0 Å². The van der Waals surface area contributed by atoms with Crippen molar-refractivity contribution in [2.24, 2.45) is 5.92 Å². The fourth-order valence-electron chi connectivity index (χ4n) is 4.27. The molecule has 2 aliphatic heterocycles. The molecule has 0 aliphatic carbocycles. The van der Waals surface area contributed by atoms with Gasteiger partial charge in [0.2, 0.25) is 5.91 Å². The SMILES string of the molecule is CC(=O)N1CCCC(CN2CCNCC2c2ccccc2/C=C/C(=O)NO)C1. The van der Waals surface area contributed by atoms with E-state index in [1.807, 2.05) is 23.1 Å². The Balaban J connectivity index is 1.76. The largest absolute Gasteiger partial charge is 0.343 e. The van der Waals surface area contributed by atoms with Gasteiger partial charge in [0.05, 0.1) is 0 Å². The highest BCUT2D eigenvalue weighted by atomic mass is 16.5. The van der Waals surface area contributed by atoms with Gasteiger partial charge in [-0.3, -0.25) is 19.7 Å². The summed E-state index contributed by atoms with van der Waals surface area (Å²) in [6.07, 6.45) is 5.30. The standard InChI is InChI=1S/C21H30N4O3/c1-16(26)24-11-4-5-17(14-24)15-25-12-10-22-13-20(25)19-7-3-2-6-18(19)8-9-21(27)23-28/h2-3,6-9,17,20,22,28H,4-5,10-15H2,1H3,(H,23,27)/b9-8+. The molecule has 2 saturated heterocycles. The van der Waals surface area contributed by atoms with E-state index in [0.717, 1.165) is 63.2 Å². The highest BCUT2D eigenvalue weighted by Gasteiger charge is 2.29. The van der Waals surface area contributed by atoms with Crippen molar-refractivity contribution in [1.82, 2.24) is 20.6 Å². The number of piperidine rings is 1. The van der Waals surface area contributed by atoms with Crippen LogP contribution < -0.4 is 10.8 Å². The van der Waals surface area contributed by atoms with Crippen molar-refractivity contribution in [2.75, 3.05) is 39.3 Å². The molecular weight excluding hydrogens is 356 g/mol. The van der Waals surface area contributed by atoms with Crippen LogP contribution in [0.5, 0.6) is 0 Å². The fraction of sp³-hybridized carbons (Fsp3) is 0.524. The van der Waals surface area contributed by atoms with Crippen molar-refractivity contribution < 1.29 is 14.8 Å².